The van der Waals surface area contributed by atoms with Crippen molar-refractivity contribution in [2.45, 2.75) is 31.8 Å². The second-order valence-electron chi connectivity index (χ2n) is 3.95. The molecule has 9 heteroatoms. The number of carbonyl (C=O) groups excluding carboxylic acids is 1. The lowest BCUT2D eigenvalue weighted by atomic mass is 10.3. The number of hydrogen-bond donors (Lipinski definition) is 2. The fraction of sp³-hybridized carbons (Fsp3) is 0.600. The molecular weight excluding hydrogens is 274 g/mol. The molecule has 1 rings (SSSR count). The lowest BCUT2D eigenvalue weighted by molar-refractivity contribution is 0.00352. The average Bonchev–Trinajstić information content (AvgIpc) is 2.68. The number of aryl methyl sites for hydroxylation is 1. The van der Waals surface area contributed by atoms with Crippen LogP contribution in [0, 0.1) is 6.92 Å². The standard InChI is InChI=1S/C10H17N3O5S/c1-4-17-5-6(2)18-10(14)8-9(19(11,15)16)7(3)12-13-8/h6H,4-5H2,1-3H3,(H,12,13)(H2,11,15,16). The first-order valence-electron chi connectivity index (χ1n) is 5.63. The van der Waals surface area contributed by atoms with E-state index < -0.39 is 22.1 Å². The predicted molar refractivity (Wildman–Crippen MR) is 66.1 cm³/mol. The molecule has 0 aromatic carbocycles. The molecule has 0 aliphatic carbocycles. The number of aromatic nitrogens is 2. The minimum Gasteiger partial charge on any atom is -0.455 e. The van der Waals surface area contributed by atoms with Gasteiger partial charge >= 0.3 is 5.97 Å². The van der Waals surface area contributed by atoms with E-state index in [1.807, 2.05) is 6.92 Å². The number of H-pyrrole nitrogens is 1. The number of nitrogens with one attached hydrogen (secondary N) is 1. The lowest BCUT2D eigenvalue weighted by Gasteiger charge is -2.12. The fourth-order valence-electron chi connectivity index (χ4n) is 1.46. The van der Waals surface area contributed by atoms with Crippen LogP contribution in [0.1, 0.15) is 30.0 Å². The third-order valence-electron chi connectivity index (χ3n) is 2.23. The highest BCUT2D eigenvalue weighted by atomic mass is 32.2. The minimum atomic E-state index is -4.04. The number of hydrogen-bond acceptors (Lipinski definition) is 6. The minimum absolute atomic E-state index is 0.187. The summed E-state index contributed by atoms with van der Waals surface area (Å²) in [5, 5.41) is 11.0. The van der Waals surface area contributed by atoms with Crippen molar-refractivity contribution in [3.8, 4) is 0 Å². The molecular formula is C10H17N3O5S. The number of esters is 1. The molecule has 19 heavy (non-hydrogen) atoms. The Morgan fingerprint density at radius 2 is 2.16 bits per heavy atom. The van der Waals surface area contributed by atoms with Gasteiger partial charge in [-0.25, -0.2) is 18.4 Å². The second kappa shape index (κ2) is 6.13. The van der Waals surface area contributed by atoms with Crippen molar-refractivity contribution >= 4 is 16.0 Å². The van der Waals surface area contributed by atoms with Crippen molar-refractivity contribution in [2.24, 2.45) is 5.14 Å². The molecule has 1 unspecified atom stereocenters. The number of nitrogens with zero attached hydrogens (tertiary/aromatic N) is 1. The second-order valence-corrected chi connectivity index (χ2v) is 5.45. The van der Waals surface area contributed by atoms with E-state index >= 15 is 0 Å². The first-order chi connectivity index (χ1) is 8.77. The van der Waals surface area contributed by atoms with Gasteiger partial charge in [0.2, 0.25) is 10.0 Å². The summed E-state index contributed by atoms with van der Waals surface area (Å²) in [7, 11) is -4.04. The van der Waals surface area contributed by atoms with Crippen LogP contribution in [0.4, 0.5) is 0 Å². The molecule has 1 aromatic rings. The number of primary sulfonamides is 1. The zero-order chi connectivity index (χ0) is 14.6. The van der Waals surface area contributed by atoms with Crippen LogP contribution in [-0.2, 0) is 19.5 Å². The third-order valence-corrected chi connectivity index (χ3v) is 3.30. The van der Waals surface area contributed by atoms with Crippen molar-refractivity contribution in [1.29, 1.82) is 0 Å². The Hall–Kier alpha value is -1.45. The van der Waals surface area contributed by atoms with Gasteiger partial charge in [-0.15, -0.1) is 0 Å². The van der Waals surface area contributed by atoms with Crippen LogP contribution in [0.15, 0.2) is 4.90 Å². The topological polar surface area (TPSA) is 124 Å². The summed E-state index contributed by atoms with van der Waals surface area (Å²) in [4.78, 5) is 11.5. The molecule has 3 N–H and O–H groups in total. The van der Waals surface area contributed by atoms with E-state index in [1.165, 1.54) is 6.92 Å². The van der Waals surface area contributed by atoms with Gasteiger partial charge in [-0.2, -0.15) is 5.10 Å². The van der Waals surface area contributed by atoms with Crippen LogP contribution in [0.2, 0.25) is 0 Å². The van der Waals surface area contributed by atoms with Gasteiger partial charge in [0.25, 0.3) is 0 Å². The molecule has 1 atom stereocenters. The molecule has 8 nitrogen and oxygen atoms in total. The summed E-state index contributed by atoms with van der Waals surface area (Å²) in [5.41, 5.74) is -0.157. The molecule has 0 aliphatic rings. The summed E-state index contributed by atoms with van der Waals surface area (Å²) < 4.78 is 32.9. The molecule has 0 spiro atoms. The van der Waals surface area contributed by atoms with E-state index in [0.717, 1.165) is 0 Å². The molecule has 0 saturated heterocycles. The number of aromatic amines is 1. The Labute approximate surface area is 111 Å². The fourth-order valence-corrected chi connectivity index (χ4v) is 2.33. The quantitative estimate of drug-likeness (QED) is 0.708. The Kier molecular flexibility index (Phi) is 5.04. The highest BCUT2D eigenvalue weighted by molar-refractivity contribution is 7.89. The van der Waals surface area contributed by atoms with Gasteiger partial charge in [-0.05, 0) is 20.8 Å². The van der Waals surface area contributed by atoms with E-state index in [-0.39, 0.29) is 22.9 Å². The van der Waals surface area contributed by atoms with Crippen LogP contribution in [0.25, 0.3) is 0 Å². The summed E-state index contributed by atoms with van der Waals surface area (Å²) in [6.45, 7) is 5.60. The number of rotatable bonds is 6. The SMILES string of the molecule is CCOCC(C)OC(=O)c1n[nH]c(C)c1S(N)(=O)=O. The molecule has 0 radical (unpaired) electrons. The number of sulfonamides is 1. The van der Waals surface area contributed by atoms with E-state index in [2.05, 4.69) is 10.2 Å². The van der Waals surface area contributed by atoms with Crippen LogP contribution >= 0.6 is 0 Å². The Morgan fingerprint density at radius 3 is 2.68 bits per heavy atom. The van der Waals surface area contributed by atoms with E-state index in [9.17, 15) is 13.2 Å². The van der Waals surface area contributed by atoms with E-state index in [0.29, 0.717) is 6.61 Å². The molecule has 0 saturated carbocycles. The first kappa shape index (κ1) is 15.6. The molecule has 0 fully saturated rings. The van der Waals surface area contributed by atoms with Gasteiger partial charge in [-0.3, -0.25) is 5.10 Å². The molecule has 0 bridgehead atoms. The maximum atomic E-state index is 11.8. The van der Waals surface area contributed by atoms with Crippen LogP contribution in [0.3, 0.4) is 0 Å². The summed E-state index contributed by atoms with van der Waals surface area (Å²) in [5.74, 6) is -0.861. The monoisotopic (exact) mass is 291 g/mol. The number of nitrogens with two attached hydrogens (primary N) is 1. The highest BCUT2D eigenvalue weighted by Gasteiger charge is 2.27. The zero-order valence-corrected chi connectivity index (χ0v) is 11.8. The first-order valence-corrected chi connectivity index (χ1v) is 7.18. The molecule has 1 aromatic heterocycles. The van der Waals surface area contributed by atoms with Crippen molar-refractivity contribution in [2.75, 3.05) is 13.2 Å². The Balaban J connectivity index is 2.90. The maximum absolute atomic E-state index is 11.8. The Morgan fingerprint density at radius 1 is 1.53 bits per heavy atom. The maximum Gasteiger partial charge on any atom is 0.360 e. The molecule has 108 valence electrons. The predicted octanol–water partition coefficient (Wildman–Crippen LogP) is -0.0527. The van der Waals surface area contributed by atoms with Crippen LogP contribution < -0.4 is 5.14 Å². The zero-order valence-electron chi connectivity index (χ0n) is 11.0. The van der Waals surface area contributed by atoms with E-state index in [4.69, 9.17) is 14.6 Å². The van der Waals surface area contributed by atoms with Crippen molar-refractivity contribution in [1.82, 2.24) is 10.2 Å². The van der Waals surface area contributed by atoms with Gasteiger partial charge in [0, 0.05) is 6.61 Å². The smallest absolute Gasteiger partial charge is 0.360 e. The van der Waals surface area contributed by atoms with Gasteiger partial charge in [0.05, 0.1) is 12.3 Å². The highest BCUT2D eigenvalue weighted by Crippen LogP contribution is 2.17. The van der Waals surface area contributed by atoms with Crippen molar-refractivity contribution in [3.05, 3.63) is 11.4 Å². The van der Waals surface area contributed by atoms with E-state index in [1.54, 1.807) is 6.92 Å². The van der Waals surface area contributed by atoms with Crippen molar-refractivity contribution in [3.63, 3.8) is 0 Å². The molecule has 1 heterocycles. The van der Waals surface area contributed by atoms with Crippen LogP contribution in [0.5, 0.6) is 0 Å². The normalized spacial score (nSPS) is 13.3. The van der Waals surface area contributed by atoms with Crippen molar-refractivity contribution < 1.29 is 22.7 Å². The van der Waals surface area contributed by atoms with Gasteiger partial charge in [-0.1, -0.05) is 0 Å². The average molecular weight is 291 g/mol. The largest absolute Gasteiger partial charge is 0.455 e. The summed E-state index contributed by atoms with van der Waals surface area (Å²) in [6.07, 6.45) is -0.516. The third kappa shape index (κ3) is 4.01. The summed E-state index contributed by atoms with van der Waals surface area (Å²) >= 11 is 0. The lowest BCUT2D eigenvalue weighted by Crippen LogP contribution is -2.23. The summed E-state index contributed by atoms with van der Waals surface area (Å²) in [6, 6.07) is 0. The van der Waals surface area contributed by atoms with Crippen LogP contribution in [-0.4, -0.2) is 43.9 Å². The van der Waals surface area contributed by atoms with Gasteiger partial charge in [0.1, 0.15) is 11.0 Å². The van der Waals surface area contributed by atoms with Gasteiger partial charge < -0.3 is 9.47 Å². The molecule has 0 amide bonds. The molecule has 0 aliphatic heterocycles. The number of ether oxygens (including phenoxy) is 2. The number of carbonyl (C=O) groups is 1. The Bertz CT molecular complexity index is 552. The van der Waals surface area contributed by atoms with Gasteiger partial charge in [0.15, 0.2) is 5.69 Å².